The van der Waals surface area contributed by atoms with Gasteiger partial charge in [-0.25, -0.2) is 5.43 Å². The van der Waals surface area contributed by atoms with E-state index in [9.17, 15) is 13.2 Å². The molecule has 1 unspecified atom stereocenters. The summed E-state index contributed by atoms with van der Waals surface area (Å²) in [5.74, 6) is 5.23. The molecule has 2 aromatic rings. The van der Waals surface area contributed by atoms with Crippen molar-refractivity contribution >= 4 is 0 Å². The van der Waals surface area contributed by atoms with Crippen molar-refractivity contribution in [3.8, 4) is 5.75 Å². The van der Waals surface area contributed by atoms with E-state index in [1.54, 1.807) is 18.3 Å². The van der Waals surface area contributed by atoms with Crippen LogP contribution < -0.4 is 16.0 Å². The Morgan fingerprint density at radius 1 is 1.24 bits per heavy atom. The minimum absolute atomic E-state index is 0.297. The van der Waals surface area contributed by atoms with E-state index in [1.807, 2.05) is 13.0 Å². The van der Waals surface area contributed by atoms with E-state index < -0.39 is 12.4 Å². The van der Waals surface area contributed by atoms with Gasteiger partial charge in [0.15, 0.2) is 0 Å². The Bertz CT molecular complexity index is 616. The first-order chi connectivity index (χ1) is 9.90. The lowest BCUT2D eigenvalue weighted by molar-refractivity contribution is -0.274. The van der Waals surface area contributed by atoms with Gasteiger partial charge in [-0.2, -0.15) is 0 Å². The predicted molar refractivity (Wildman–Crippen MR) is 71.3 cm³/mol. The summed E-state index contributed by atoms with van der Waals surface area (Å²) in [6.07, 6.45) is -3.13. The van der Waals surface area contributed by atoms with Crippen molar-refractivity contribution in [3.05, 3.63) is 59.4 Å². The molecule has 0 amide bonds. The molecule has 1 aromatic carbocycles. The van der Waals surface area contributed by atoms with E-state index >= 15 is 0 Å². The molecule has 4 nitrogen and oxygen atoms in total. The summed E-state index contributed by atoms with van der Waals surface area (Å²) >= 11 is 0. The second kappa shape index (κ2) is 6.11. The summed E-state index contributed by atoms with van der Waals surface area (Å²) in [5, 5.41) is 0. The Hall–Kier alpha value is -2.12. The fourth-order valence-electron chi connectivity index (χ4n) is 2.02. The molecule has 0 fully saturated rings. The number of benzene rings is 1. The highest BCUT2D eigenvalue weighted by Crippen LogP contribution is 2.28. The molecule has 7 heteroatoms. The summed E-state index contributed by atoms with van der Waals surface area (Å²) in [6, 6.07) is 8.74. The fraction of sp³-hybridized carbons (Fsp3) is 0.214. The zero-order chi connectivity index (χ0) is 15.5. The maximum atomic E-state index is 12.3. The van der Waals surface area contributed by atoms with Gasteiger partial charge in [0.05, 0.1) is 11.7 Å². The molecular weight excluding hydrogens is 283 g/mol. The van der Waals surface area contributed by atoms with Gasteiger partial charge < -0.3 is 4.74 Å². The first kappa shape index (κ1) is 15.3. The van der Waals surface area contributed by atoms with Crippen LogP contribution in [0.3, 0.4) is 0 Å². The van der Waals surface area contributed by atoms with Crippen molar-refractivity contribution in [2.45, 2.75) is 19.3 Å². The molecule has 0 spiro atoms. The Kier molecular flexibility index (Phi) is 4.44. The number of nitrogens with zero attached hydrogens (tertiary/aromatic N) is 1. The number of nitrogens with two attached hydrogens (primary N) is 1. The number of aryl methyl sites for hydroxylation is 1. The molecule has 1 atom stereocenters. The van der Waals surface area contributed by atoms with E-state index in [1.165, 1.54) is 18.2 Å². The molecule has 1 aromatic heterocycles. The van der Waals surface area contributed by atoms with E-state index in [4.69, 9.17) is 5.84 Å². The van der Waals surface area contributed by atoms with Crippen LogP contribution in [0.25, 0.3) is 0 Å². The number of ether oxygens (including phenoxy) is 1. The number of rotatable bonds is 4. The lowest BCUT2D eigenvalue weighted by Crippen LogP contribution is -2.30. The second-order valence-electron chi connectivity index (χ2n) is 4.43. The minimum atomic E-state index is -4.73. The summed E-state index contributed by atoms with van der Waals surface area (Å²) in [7, 11) is 0. The standard InChI is InChI=1S/C14H14F3N3O/c1-9-4-3-7-19-12(9)13(20-18)10-5-2-6-11(8-10)21-14(15,16)17/h2-8,13,20H,18H2,1H3. The maximum Gasteiger partial charge on any atom is 0.573 e. The van der Waals surface area contributed by atoms with E-state index in [2.05, 4.69) is 15.1 Å². The highest BCUT2D eigenvalue weighted by atomic mass is 19.4. The average Bonchev–Trinajstić information content (AvgIpc) is 2.40. The van der Waals surface area contributed by atoms with Crippen molar-refractivity contribution in [1.82, 2.24) is 10.4 Å². The Balaban J connectivity index is 2.35. The maximum absolute atomic E-state index is 12.3. The summed E-state index contributed by atoms with van der Waals surface area (Å²) < 4.78 is 40.7. The van der Waals surface area contributed by atoms with Gasteiger partial charge in [-0.1, -0.05) is 18.2 Å². The Morgan fingerprint density at radius 3 is 2.62 bits per heavy atom. The van der Waals surface area contributed by atoms with Gasteiger partial charge in [-0.3, -0.25) is 10.8 Å². The molecule has 112 valence electrons. The molecule has 3 N–H and O–H groups in total. The minimum Gasteiger partial charge on any atom is -0.406 e. The topological polar surface area (TPSA) is 60.2 Å². The number of nitrogens with one attached hydrogen (secondary N) is 1. The van der Waals surface area contributed by atoms with Gasteiger partial charge >= 0.3 is 6.36 Å². The molecule has 2 rings (SSSR count). The molecule has 0 saturated carbocycles. The highest BCUT2D eigenvalue weighted by Gasteiger charge is 2.31. The Morgan fingerprint density at radius 2 is 2.00 bits per heavy atom. The summed E-state index contributed by atoms with van der Waals surface area (Å²) in [6.45, 7) is 1.85. The number of hydrazine groups is 1. The molecule has 0 bridgehead atoms. The van der Waals surface area contributed by atoms with Crippen LogP contribution in [0.4, 0.5) is 13.2 Å². The fourth-order valence-corrected chi connectivity index (χ4v) is 2.02. The second-order valence-corrected chi connectivity index (χ2v) is 4.43. The van der Waals surface area contributed by atoms with Crippen molar-refractivity contribution in [2.75, 3.05) is 0 Å². The lowest BCUT2D eigenvalue weighted by Gasteiger charge is -2.19. The van der Waals surface area contributed by atoms with Gasteiger partial charge in [-0.15, -0.1) is 13.2 Å². The SMILES string of the molecule is Cc1cccnc1C(NN)c1cccc(OC(F)(F)F)c1. The average molecular weight is 297 g/mol. The molecular formula is C14H14F3N3O. The lowest BCUT2D eigenvalue weighted by atomic mass is 10.0. The normalized spacial score (nSPS) is 13.0. The number of halogens is 3. The van der Waals surface area contributed by atoms with Crippen molar-refractivity contribution in [1.29, 1.82) is 0 Å². The summed E-state index contributed by atoms with van der Waals surface area (Å²) in [4.78, 5) is 4.22. The van der Waals surface area contributed by atoms with Gasteiger partial charge in [-0.05, 0) is 36.2 Å². The van der Waals surface area contributed by atoms with E-state index in [0.29, 0.717) is 11.3 Å². The molecule has 1 heterocycles. The molecule has 0 aliphatic rings. The van der Waals surface area contributed by atoms with Crippen molar-refractivity contribution < 1.29 is 17.9 Å². The summed E-state index contributed by atoms with van der Waals surface area (Å²) in [5.41, 5.74) is 4.62. The van der Waals surface area contributed by atoms with Crippen LogP contribution in [-0.4, -0.2) is 11.3 Å². The smallest absolute Gasteiger partial charge is 0.406 e. The number of alkyl halides is 3. The van der Waals surface area contributed by atoms with Crippen LogP contribution in [0.1, 0.15) is 22.9 Å². The third kappa shape index (κ3) is 3.93. The van der Waals surface area contributed by atoms with Gasteiger partial charge in [0.25, 0.3) is 0 Å². The number of pyridine rings is 1. The molecule has 0 radical (unpaired) electrons. The van der Waals surface area contributed by atoms with Crippen molar-refractivity contribution in [2.24, 2.45) is 5.84 Å². The first-order valence-electron chi connectivity index (χ1n) is 6.14. The van der Waals surface area contributed by atoms with Crippen LogP contribution >= 0.6 is 0 Å². The molecule has 0 saturated heterocycles. The van der Waals surface area contributed by atoms with Crippen LogP contribution in [0.2, 0.25) is 0 Å². The van der Waals surface area contributed by atoms with Gasteiger partial charge in [0.2, 0.25) is 0 Å². The Labute approximate surface area is 119 Å². The van der Waals surface area contributed by atoms with E-state index in [-0.39, 0.29) is 5.75 Å². The van der Waals surface area contributed by atoms with Crippen LogP contribution in [0, 0.1) is 6.92 Å². The van der Waals surface area contributed by atoms with Gasteiger partial charge in [0.1, 0.15) is 5.75 Å². The highest BCUT2D eigenvalue weighted by molar-refractivity contribution is 5.36. The van der Waals surface area contributed by atoms with E-state index in [0.717, 1.165) is 5.56 Å². The van der Waals surface area contributed by atoms with Crippen LogP contribution in [-0.2, 0) is 0 Å². The zero-order valence-corrected chi connectivity index (χ0v) is 11.2. The van der Waals surface area contributed by atoms with Gasteiger partial charge in [0, 0.05) is 6.20 Å². The molecule has 0 aliphatic carbocycles. The molecule has 0 aliphatic heterocycles. The predicted octanol–water partition coefficient (Wildman–Crippen LogP) is 2.84. The van der Waals surface area contributed by atoms with Crippen LogP contribution in [0.15, 0.2) is 42.6 Å². The molecule has 21 heavy (non-hydrogen) atoms. The largest absolute Gasteiger partial charge is 0.573 e. The first-order valence-corrected chi connectivity index (χ1v) is 6.14. The number of aromatic nitrogens is 1. The third-order valence-corrected chi connectivity index (χ3v) is 2.92. The monoisotopic (exact) mass is 297 g/mol. The number of hydrogen-bond donors (Lipinski definition) is 2. The van der Waals surface area contributed by atoms with Crippen molar-refractivity contribution in [3.63, 3.8) is 0 Å². The quantitative estimate of drug-likeness (QED) is 0.673. The third-order valence-electron chi connectivity index (χ3n) is 2.92. The van der Waals surface area contributed by atoms with Crippen LogP contribution in [0.5, 0.6) is 5.75 Å². The number of hydrogen-bond acceptors (Lipinski definition) is 4. The zero-order valence-electron chi connectivity index (χ0n) is 11.2.